The van der Waals surface area contributed by atoms with Gasteiger partial charge >= 0.3 is 0 Å². The zero-order chi connectivity index (χ0) is 13.7. The zero-order valence-electron chi connectivity index (χ0n) is 11.4. The lowest BCUT2D eigenvalue weighted by Gasteiger charge is -2.13. The molecule has 0 spiro atoms. The van der Waals surface area contributed by atoms with Crippen LogP contribution in [0.4, 0.5) is 5.95 Å². The number of hydrogen-bond donors (Lipinski definition) is 1. The summed E-state index contributed by atoms with van der Waals surface area (Å²) in [5.74, 6) is 1.98. The number of rotatable bonds is 5. The molecule has 0 fully saturated rings. The van der Waals surface area contributed by atoms with E-state index in [9.17, 15) is 0 Å². The molecule has 2 aromatic rings. The van der Waals surface area contributed by atoms with Crippen LogP contribution in [0.15, 0.2) is 36.5 Å². The lowest BCUT2D eigenvalue weighted by molar-refractivity contribution is 0.454. The van der Waals surface area contributed by atoms with Crippen molar-refractivity contribution in [2.24, 2.45) is 0 Å². The Morgan fingerprint density at radius 2 is 2.00 bits per heavy atom. The quantitative estimate of drug-likeness (QED) is 0.889. The van der Waals surface area contributed by atoms with E-state index in [1.807, 2.05) is 50.3 Å². The molecule has 0 unspecified atom stereocenters. The summed E-state index contributed by atoms with van der Waals surface area (Å²) >= 11 is 0. The normalized spacial score (nSPS) is 10.3. The minimum atomic E-state index is 0.544. The van der Waals surface area contributed by atoms with Crippen LogP contribution in [-0.4, -0.2) is 31.1 Å². The van der Waals surface area contributed by atoms with Crippen molar-refractivity contribution in [3.05, 3.63) is 42.1 Å². The Morgan fingerprint density at radius 3 is 2.74 bits per heavy atom. The number of nitrogens with one attached hydrogen (secondary N) is 1. The van der Waals surface area contributed by atoms with Crippen LogP contribution >= 0.6 is 0 Å². The molecular weight excluding hydrogens is 240 g/mol. The topological polar surface area (TPSA) is 50.3 Å². The summed E-state index contributed by atoms with van der Waals surface area (Å²) in [5, 5.41) is 3.12. The molecule has 0 atom stereocenters. The van der Waals surface area contributed by atoms with Crippen LogP contribution in [0, 0.1) is 0 Å². The largest absolute Gasteiger partial charge is 0.439 e. The highest BCUT2D eigenvalue weighted by Gasteiger charge is 2.06. The molecule has 0 aliphatic carbocycles. The van der Waals surface area contributed by atoms with Gasteiger partial charge in [0.2, 0.25) is 11.8 Å². The third-order valence-electron chi connectivity index (χ3n) is 2.57. The Balaban J connectivity index is 2.23. The molecule has 19 heavy (non-hydrogen) atoms. The monoisotopic (exact) mass is 258 g/mol. The molecule has 0 saturated carbocycles. The number of benzene rings is 1. The average molecular weight is 258 g/mol. The molecule has 1 aromatic carbocycles. The zero-order valence-corrected chi connectivity index (χ0v) is 11.4. The molecular formula is C14H18N4O. The van der Waals surface area contributed by atoms with Gasteiger partial charge in [-0.25, -0.2) is 4.98 Å². The number of nitrogens with zero attached hydrogens (tertiary/aromatic N) is 3. The molecule has 0 saturated heterocycles. The average Bonchev–Trinajstić information content (AvgIpc) is 2.41. The van der Waals surface area contributed by atoms with Gasteiger partial charge in [0.1, 0.15) is 5.75 Å². The van der Waals surface area contributed by atoms with Crippen LogP contribution in [0.1, 0.15) is 5.56 Å². The maximum Gasteiger partial charge on any atom is 0.228 e. The molecule has 100 valence electrons. The fraction of sp³-hybridized carbons (Fsp3) is 0.286. The molecule has 0 aliphatic heterocycles. The number of anilines is 1. The highest BCUT2D eigenvalue weighted by Crippen LogP contribution is 2.24. The van der Waals surface area contributed by atoms with Gasteiger partial charge in [-0.3, -0.25) is 0 Å². The van der Waals surface area contributed by atoms with Gasteiger partial charge in [0.15, 0.2) is 0 Å². The molecule has 5 nitrogen and oxygen atoms in total. The molecule has 0 amide bonds. The van der Waals surface area contributed by atoms with E-state index in [0.717, 1.165) is 17.9 Å². The second kappa shape index (κ2) is 6.15. The van der Waals surface area contributed by atoms with Crippen LogP contribution in [-0.2, 0) is 6.54 Å². The van der Waals surface area contributed by atoms with Gasteiger partial charge in [0.25, 0.3) is 0 Å². The smallest absolute Gasteiger partial charge is 0.228 e. The van der Waals surface area contributed by atoms with Crippen LogP contribution < -0.4 is 15.0 Å². The number of aromatic nitrogens is 2. The molecule has 1 aromatic heterocycles. The number of hydrogen-bond acceptors (Lipinski definition) is 5. The van der Waals surface area contributed by atoms with Crippen molar-refractivity contribution < 1.29 is 4.74 Å². The van der Waals surface area contributed by atoms with Crippen molar-refractivity contribution >= 4 is 5.95 Å². The fourth-order valence-electron chi connectivity index (χ4n) is 1.66. The fourth-order valence-corrected chi connectivity index (χ4v) is 1.66. The van der Waals surface area contributed by atoms with E-state index in [1.165, 1.54) is 0 Å². The number of para-hydroxylation sites is 1. The van der Waals surface area contributed by atoms with Crippen molar-refractivity contribution in [1.29, 1.82) is 0 Å². The highest BCUT2D eigenvalue weighted by molar-refractivity contribution is 5.37. The van der Waals surface area contributed by atoms with Gasteiger partial charge in [-0.15, -0.1) is 0 Å². The van der Waals surface area contributed by atoms with Gasteiger partial charge in [0, 0.05) is 38.5 Å². The Hall–Kier alpha value is -2.14. The van der Waals surface area contributed by atoms with Crippen LogP contribution in [0.3, 0.4) is 0 Å². The van der Waals surface area contributed by atoms with E-state index in [2.05, 4.69) is 15.3 Å². The third-order valence-corrected chi connectivity index (χ3v) is 2.57. The van der Waals surface area contributed by atoms with E-state index < -0.39 is 0 Å². The predicted octanol–water partition coefficient (Wildman–Crippen LogP) is 2.05. The molecule has 0 bridgehead atoms. The van der Waals surface area contributed by atoms with Crippen molar-refractivity contribution in [3.63, 3.8) is 0 Å². The standard InChI is InChI=1S/C14H18N4O/c1-15-10-11-6-4-5-7-12(11)19-13-8-9-16-14(17-13)18(2)3/h4-9,15H,10H2,1-3H3. The summed E-state index contributed by atoms with van der Waals surface area (Å²) in [6.45, 7) is 0.752. The molecule has 0 aliphatic rings. The SMILES string of the molecule is CNCc1ccccc1Oc1ccnc(N(C)C)n1. The van der Waals surface area contributed by atoms with Crippen LogP contribution in [0.5, 0.6) is 11.6 Å². The summed E-state index contributed by atoms with van der Waals surface area (Å²) in [4.78, 5) is 10.3. The lowest BCUT2D eigenvalue weighted by Crippen LogP contribution is -2.12. The van der Waals surface area contributed by atoms with Gasteiger partial charge in [-0.05, 0) is 13.1 Å². The summed E-state index contributed by atoms with van der Waals surface area (Å²) in [7, 11) is 5.70. The van der Waals surface area contributed by atoms with Crippen molar-refractivity contribution in [3.8, 4) is 11.6 Å². The molecule has 1 heterocycles. The van der Waals surface area contributed by atoms with Crippen molar-refractivity contribution in [2.75, 3.05) is 26.0 Å². The van der Waals surface area contributed by atoms with E-state index in [4.69, 9.17) is 4.74 Å². The van der Waals surface area contributed by atoms with Crippen LogP contribution in [0.2, 0.25) is 0 Å². The predicted molar refractivity (Wildman–Crippen MR) is 75.6 cm³/mol. The summed E-state index contributed by atoms with van der Waals surface area (Å²) in [6.07, 6.45) is 1.69. The van der Waals surface area contributed by atoms with Crippen molar-refractivity contribution in [2.45, 2.75) is 6.54 Å². The molecule has 0 radical (unpaired) electrons. The summed E-state index contributed by atoms with van der Waals surface area (Å²) < 4.78 is 5.84. The number of ether oxygens (including phenoxy) is 1. The van der Waals surface area contributed by atoms with E-state index >= 15 is 0 Å². The van der Waals surface area contributed by atoms with Gasteiger partial charge in [-0.2, -0.15) is 4.98 Å². The lowest BCUT2D eigenvalue weighted by atomic mass is 10.2. The highest BCUT2D eigenvalue weighted by atomic mass is 16.5. The molecule has 5 heteroatoms. The van der Waals surface area contributed by atoms with Gasteiger partial charge in [-0.1, -0.05) is 18.2 Å². The van der Waals surface area contributed by atoms with E-state index in [1.54, 1.807) is 12.3 Å². The van der Waals surface area contributed by atoms with Crippen LogP contribution in [0.25, 0.3) is 0 Å². The van der Waals surface area contributed by atoms with Gasteiger partial charge in [0.05, 0.1) is 0 Å². The Labute approximate surface area is 113 Å². The van der Waals surface area contributed by atoms with Crippen molar-refractivity contribution in [1.82, 2.24) is 15.3 Å². The first-order valence-electron chi connectivity index (χ1n) is 6.11. The Bertz CT molecular complexity index is 542. The van der Waals surface area contributed by atoms with Gasteiger partial charge < -0.3 is 15.0 Å². The van der Waals surface area contributed by atoms with E-state index in [-0.39, 0.29) is 0 Å². The maximum atomic E-state index is 5.84. The third kappa shape index (κ3) is 3.42. The molecule has 2 rings (SSSR count). The van der Waals surface area contributed by atoms with E-state index in [0.29, 0.717) is 11.8 Å². The second-order valence-corrected chi connectivity index (χ2v) is 4.33. The summed E-state index contributed by atoms with van der Waals surface area (Å²) in [5.41, 5.74) is 1.09. The second-order valence-electron chi connectivity index (χ2n) is 4.33. The minimum absolute atomic E-state index is 0.544. The summed E-state index contributed by atoms with van der Waals surface area (Å²) in [6, 6.07) is 9.65. The minimum Gasteiger partial charge on any atom is -0.439 e. The first-order chi connectivity index (χ1) is 9.20. The Morgan fingerprint density at radius 1 is 1.21 bits per heavy atom. The first kappa shape index (κ1) is 13.3. The maximum absolute atomic E-state index is 5.84. The first-order valence-corrected chi connectivity index (χ1v) is 6.11. The molecule has 1 N–H and O–H groups in total. The Kier molecular flexibility index (Phi) is 4.30.